The van der Waals surface area contributed by atoms with Crippen LogP contribution >= 0.6 is 0 Å². The van der Waals surface area contributed by atoms with Crippen LogP contribution in [0.2, 0.25) is 0 Å². The van der Waals surface area contributed by atoms with Gasteiger partial charge < -0.3 is 15.2 Å². The molecule has 0 aliphatic carbocycles. The molecule has 4 heteroatoms. The molecule has 0 bridgehead atoms. The minimum Gasteiger partial charge on any atom is -0.506 e. The number of allylic oxidation sites excluding steroid dienone is 1. The van der Waals surface area contributed by atoms with Crippen molar-refractivity contribution in [3.8, 4) is 11.5 Å². The van der Waals surface area contributed by atoms with Crippen molar-refractivity contribution >= 4 is 11.1 Å². The largest absolute Gasteiger partial charge is 0.506 e. The van der Waals surface area contributed by atoms with Gasteiger partial charge in [-0.05, 0) is 54.4 Å². The van der Waals surface area contributed by atoms with E-state index in [-0.39, 0.29) is 5.75 Å². The summed E-state index contributed by atoms with van der Waals surface area (Å²) in [6.07, 6.45) is 2.35. The molecule has 1 heterocycles. The number of aromatic nitrogens is 1. The standard InChI is InChI=1S/C24H26N2O2/c1-3-22(18-7-5-4-6-8-18)24(23-14-11-20(27)17-26-23)19-9-12-21(13-10-19)28-16-15-25-2/h4-14,17,25,27H,3,15-16H2,1-2H3/b24-22-. The van der Waals surface area contributed by atoms with Gasteiger partial charge in [-0.2, -0.15) is 0 Å². The summed E-state index contributed by atoms with van der Waals surface area (Å²) in [5, 5.41) is 12.7. The Morgan fingerprint density at radius 2 is 1.71 bits per heavy atom. The number of pyridine rings is 1. The molecule has 3 rings (SSSR count). The highest BCUT2D eigenvalue weighted by Crippen LogP contribution is 2.34. The highest BCUT2D eigenvalue weighted by molar-refractivity contribution is 5.97. The van der Waals surface area contributed by atoms with Gasteiger partial charge in [0.1, 0.15) is 18.1 Å². The Bertz CT molecular complexity index is 902. The number of nitrogens with zero attached hydrogens (tertiary/aromatic N) is 1. The fourth-order valence-electron chi connectivity index (χ4n) is 3.16. The van der Waals surface area contributed by atoms with Gasteiger partial charge in [0.25, 0.3) is 0 Å². The van der Waals surface area contributed by atoms with Gasteiger partial charge in [0.15, 0.2) is 0 Å². The molecule has 0 aliphatic heterocycles. The van der Waals surface area contributed by atoms with E-state index in [2.05, 4.69) is 41.5 Å². The van der Waals surface area contributed by atoms with Crippen molar-refractivity contribution in [2.75, 3.05) is 20.2 Å². The Balaban J connectivity index is 2.06. The highest BCUT2D eigenvalue weighted by Gasteiger charge is 2.14. The average Bonchev–Trinajstić information content (AvgIpc) is 2.74. The second-order valence-electron chi connectivity index (χ2n) is 6.45. The first-order valence-electron chi connectivity index (χ1n) is 9.54. The third-order valence-electron chi connectivity index (χ3n) is 4.55. The average molecular weight is 374 g/mol. The molecule has 0 aliphatic rings. The van der Waals surface area contributed by atoms with E-state index in [0.29, 0.717) is 6.61 Å². The smallest absolute Gasteiger partial charge is 0.133 e. The van der Waals surface area contributed by atoms with Gasteiger partial charge in [-0.1, -0.05) is 49.4 Å². The first-order chi connectivity index (χ1) is 13.7. The highest BCUT2D eigenvalue weighted by atomic mass is 16.5. The Hall–Kier alpha value is -3.11. The van der Waals surface area contributed by atoms with Crippen LogP contribution in [-0.2, 0) is 0 Å². The van der Waals surface area contributed by atoms with Crippen molar-refractivity contribution in [1.29, 1.82) is 0 Å². The van der Waals surface area contributed by atoms with E-state index in [1.54, 1.807) is 6.07 Å². The van der Waals surface area contributed by atoms with Gasteiger partial charge in [0.05, 0.1) is 11.9 Å². The molecule has 0 radical (unpaired) electrons. The molecular weight excluding hydrogens is 348 g/mol. The molecule has 0 spiro atoms. The van der Waals surface area contributed by atoms with Gasteiger partial charge in [-0.15, -0.1) is 0 Å². The van der Waals surface area contributed by atoms with E-state index >= 15 is 0 Å². The third-order valence-corrected chi connectivity index (χ3v) is 4.55. The maximum atomic E-state index is 9.66. The molecule has 144 valence electrons. The number of benzene rings is 2. The monoisotopic (exact) mass is 374 g/mol. The zero-order valence-electron chi connectivity index (χ0n) is 16.4. The van der Waals surface area contributed by atoms with E-state index in [1.807, 2.05) is 43.4 Å². The Labute approximate surface area is 166 Å². The Kier molecular flexibility index (Phi) is 6.82. The van der Waals surface area contributed by atoms with E-state index in [1.165, 1.54) is 17.3 Å². The lowest BCUT2D eigenvalue weighted by Crippen LogP contribution is -2.15. The second kappa shape index (κ2) is 9.72. The van der Waals surface area contributed by atoms with E-state index in [4.69, 9.17) is 4.74 Å². The minimum atomic E-state index is 0.161. The van der Waals surface area contributed by atoms with E-state index in [9.17, 15) is 5.11 Å². The lowest BCUT2D eigenvalue weighted by molar-refractivity contribution is 0.318. The number of likely N-dealkylation sites (N-methyl/N-ethyl adjacent to an activating group) is 1. The lowest BCUT2D eigenvalue weighted by atomic mass is 9.90. The van der Waals surface area contributed by atoms with Crippen molar-refractivity contribution in [2.45, 2.75) is 13.3 Å². The molecule has 0 fully saturated rings. The summed E-state index contributed by atoms with van der Waals surface area (Å²) in [6.45, 7) is 3.58. The van der Waals surface area contributed by atoms with Gasteiger partial charge in [-0.3, -0.25) is 4.98 Å². The van der Waals surface area contributed by atoms with Crippen LogP contribution in [0, 0.1) is 0 Å². The minimum absolute atomic E-state index is 0.161. The number of ether oxygens (including phenoxy) is 1. The van der Waals surface area contributed by atoms with Crippen molar-refractivity contribution in [1.82, 2.24) is 10.3 Å². The summed E-state index contributed by atoms with van der Waals surface area (Å²) in [4.78, 5) is 4.49. The molecule has 4 nitrogen and oxygen atoms in total. The maximum Gasteiger partial charge on any atom is 0.133 e. The number of hydrogen-bond acceptors (Lipinski definition) is 4. The zero-order valence-corrected chi connectivity index (χ0v) is 16.4. The van der Waals surface area contributed by atoms with Crippen LogP contribution in [0.4, 0.5) is 0 Å². The zero-order chi connectivity index (χ0) is 19.8. The molecule has 0 atom stereocenters. The molecule has 0 amide bonds. The van der Waals surface area contributed by atoms with Gasteiger partial charge >= 0.3 is 0 Å². The van der Waals surface area contributed by atoms with Crippen LogP contribution in [0.5, 0.6) is 11.5 Å². The van der Waals surface area contributed by atoms with Crippen LogP contribution < -0.4 is 10.1 Å². The summed E-state index contributed by atoms with van der Waals surface area (Å²) >= 11 is 0. The number of rotatable bonds is 8. The Morgan fingerprint density at radius 1 is 0.964 bits per heavy atom. The molecule has 0 unspecified atom stereocenters. The molecule has 0 saturated carbocycles. The summed E-state index contributed by atoms with van der Waals surface area (Å²) in [5.74, 6) is 1.00. The van der Waals surface area contributed by atoms with Crippen LogP contribution in [0.3, 0.4) is 0 Å². The van der Waals surface area contributed by atoms with Crippen molar-refractivity contribution < 1.29 is 9.84 Å². The summed E-state index contributed by atoms with van der Waals surface area (Å²) < 4.78 is 5.75. The SMILES string of the molecule is CC/C(=C(\c1ccc(OCCNC)cc1)c1ccc(O)cn1)c1ccccc1. The predicted octanol–water partition coefficient (Wildman–Crippen LogP) is 4.75. The van der Waals surface area contributed by atoms with Crippen LogP contribution in [-0.4, -0.2) is 30.3 Å². The number of nitrogens with one attached hydrogen (secondary N) is 1. The molecule has 2 N–H and O–H groups in total. The molecular formula is C24H26N2O2. The van der Waals surface area contributed by atoms with Crippen LogP contribution in [0.1, 0.15) is 30.2 Å². The third kappa shape index (κ3) is 4.78. The van der Waals surface area contributed by atoms with Crippen molar-refractivity contribution in [2.24, 2.45) is 0 Å². The Morgan fingerprint density at radius 3 is 2.32 bits per heavy atom. The second-order valence-corrected chi connectivity index (χ2v) is 6.45. The maximum absolute atomic E-state index is 9.66. The molecule has 3 aromatic rings. The van der Waals surface area contributed by atoms with Crippen LogP contribution in [0.25, 0.3) is 11.1 Å². The van der Waals surface area contributed by atoms with Gasteiger partial charge in [0, 0.05) is 12.1 Å². The molecule has 2 aromatic carbocycles. The first kappa shape index (κ1) is 19.6. The number of aromatic hydroxyl groups is 1. The lowest BCUT2D eigenvalue weighted by Gasteiger charge is -2.16. The summed E-state index contributed by atoms with van der Waals surface area (Å²) in [5.41, 5.74) is 5.35. The van der Waals surface area contributed by atoms with Gasteiger partial charge in [0.2, 0.25) is 0 Å². The van der Waals surface area contributed by atoms with Crippen molar-refractivity contribution in [3.05, 3.63) is 89.7 Å². The van der Waals surface area contributed by atoms with Gasteiger partial charge in [-0.25, -0.2) is 0 Å². The molecule has 1 aromatic heterocycles. The van der Waals surface area contributed by atoms with E-state index < -0.39 is 0 Å². The number of hydrogen-bond donors (Lipinski definition) is 2. The fraction of sp³-hybridized carbons (Fsp3) is 0.208. The quantitative estimate of drug-likeness (QED) is 0.441. The molecule has 0 saturated heterocycles. The molecule has 28 heavy (non-hydrogen) atoms. The van der Waals surface area contributed by atoms with Crippen molar-refractivity contribution in [3.63, 3.8) is 0 Å². The van der Waals surface area contributed by atoms with E-state index in [0.717, 1.165) is 35.5 Å². The topological polar surface area (TPSA) is 54.4 Å². The normalized spacial score (nSPS) is 11.8. The van der Waals surface area contributed by atoms with Crippen LogP contribution in [0.15, 0.2) is 72.9 Å². The first-order valence-corrected chi connectivity index (χ1v) is 9.54. The fourth-order valence-corrected chi connectivity index (χ4v) is 3.16. The predicted molar refractivity (Wildman–Crippen MR) is 114 cm³/mol. The summed E-state index contributed by atoms with van der Waals surface area (Å²) in [7, 11) is 1.91. The summed E-state index contributed by atoms with van der Waals surface area (Å²) in [6, 6.07) is 22.0.